The summed E-state index contributed by atoms with van der Waals surface area (Å²) in [6.07, 6.45) is 9.65. The number of likely N-dealkylation sites (N-methyl/N-ethyl adjacent to an activating group) is 1. The van der Waals surface area contributed by atoms with Gasteiger partial charge in [0.05, 0.1) is 12.6 Å². The van der Waals surface area contributed by atoms with Gasteiger partial charge in [-0.15, -0.1) is 0 Å². The molecule has 1 unspecified atom stereocenters. The number of rotatable bonds is 8. The zero-order chi connectivity index (χ0) is 23.6. The van der Waals surface area contributed by atoms with Crippen LogP contribution >= 0.6 is 0 Å². The average Bonchev–Trinajstić information content (AvgIpc) is 3.44. The van der Waals surface area contributed by atoms with Crippen LogP contribution in [0.25, 0.3) is 11.3 Å². The maximum atomic E-state index is 5.49. The van der Waals surface area contributed by atoms with Crippen molar-refractivity contribution >= 4 is 17.6 Å². The summed E-state index contributed by atoms with van der Waals surface area (Å²) < 4.78 is 5.49. The first kappa shape index (κ1) is 21.7. The third-order valence-electron chi connectivity index (χ3n) is 6.49. The minimum absolute atomic E-state index is 0.365. The second kappa shape index (κ2) is 9.47. The number of nitrogens with one attached hydrogen (secondary N) is 4. The van der Waals surface area contributed by atoms with Crippen molar-refractivity contribution < 1.29 is 4.52 Å². The molecule has 5 heterocycles. The van der Waals surface area contributed by atoms with Crippen LogP contribution in [0.3, 0.4) is 0 Å². The topological polar surface area (TPSA) is 132 Å². The van der Waals surface area contributed by atoms with E-state index in [2.05, 4.69) is 59.5 Å². The van der Waals surface area contributed by atoms with Gasteiger partial charge in [-0.3, -0.25) is 0 Å². The Balaban J connectivity index is 1.19. The Hall–Kier alpha value is -3.77. The molecule has 2 aliphatic heterocycles. The number of hydrazine groups is 1. The number of anilines is 3. The summed E-state index contributed by atoms with van der Waals surface area (Å²) in [6.45, 7) is 4.24. The second-order valence-corrected chi connectivity index (χ2v) is 9.22. The van der Waals surface area contributed by atoms with Crippen molar-refractivity contribution in [2.75, 3.05) is 48.8 Å². The first-order valence-electron chi connectivity index (χ1n) is 12.0. The largest absolute Gasteiger partial charge is 0.359 e. The zero-order valence-corrected chi connectivity index (χ0v) is 19.6. The van der Waals surface area contributed by atoms with Crippen molar-refractivity contribution in [3.05, 3.63) is 48.5 Å². The summed E-state index contributed by atoms with van der Waals surface area (Å²) in [7, 11) is 2.14. The van der Waals surface area contributed by atoms with Gasteiger partial charge < -0.3 is 30.4 Å². The van der Waals surface area contributed by atoms with Gasteiger partial charge in [0, 0.05) is 56.3 Å². The molecule has 12 nitrogen and oxygen atoms in total. The fourth-order valence-corrected chi connectivity index (χ4v) is 4.25. The Morgan fingerprint density at radius 2 is 1.91 bits per heavy atom. The quantitative estimate of drug-likeness (QED) is 0.376. The predicted molar refractivity (Wildman–Crippen MR) is 131 cm³/mol. The summed E-state index contributed by atoms with van der Waals surface area (Å²) in [6, 6.07) is 4.24. The molecular weight excluding hydrogens is 446 g/mol. The summed E-state index contributed by atoms with van der Waals surface area (Å²) in [4.78, 5) is 22.2. The van der Waals surface area contributed by atoms with E-state index < -0.39 is 0 Å². The van der Waals surface area contributed by atoms with Gasteiger partial charge in [0.1, 0.15) is 29.5 Å². The van der Waals surface area contributed by atoms with E-state index >= 15 is 0 Å². The van der Waals surface area contributed by atoms with Crippen molar-refractivity contribution in [2.24, 2.45) is 5.92 Å². The maximum Gasteiger partial charge on any atom is 0.227 e. The van der Waals surface area contributed by atoms with E-state index in [9.17, 15) is 0 Å². The van der Waals surface area contributed by atoms with Crippen LogP contribution in [0, 0.1) is 5.92 Å². The van der Waals surface area contributed by atoms with Gasteiger partial charge >= 0.3 is 0 Å². The van der Waals surface area contributed by atoms with E-state index in [0.717, 1.165) is 55.1 Å². The molecule has 3 aromatic heterocycles. The van der Waals surface area contributed by atoms with Crippen molar-refractivity contribution in [3.8, 4) is 11.3 Å². The Morgan fingerprint density at radius 1 is 1.09 bits per heavy atom. The van der Waals surface area contributed by atoms with Crippen LogP contribution in [0.5, 0.6) is 0 Å². The molecule has 1 aliphatic carbocycles. The highest BCUT2D eigenvalue weighted by molar-refractivity contribution is 5.57. The fraction of sp³-hybridized carbons (Fsp3) is 0.435. The summed E-state index contributed by atoms with van der Waals surface area (Å²) in [5.74, 6) is 4.45. The monoisotopic (exact) mass is 475 g/mol. The highest BCUT2D eigenvalue weighted by Crippen LogP contribution is 2.34. The van der Waals surface area contributed by atoms with Crippen LogP contribution in [0.1, 0.15) is 18.6 Å². The third kappa shape index (κ3) is 5.17. The van der Waals surface area contributed by atoms with Gasteiger partial charge in [0.25, 0.3) is 0 Å². The number of aromatic nitrogens is 5. The van der Waals surface area contributed by atoms with Crippen LogP contribution in [-0.2, 0) is 6.54 Å². The lowest BCUT2D eigenvalue weighted by atomic mass is 10.2. The molecule has 0 amide bonds. The van der Waals surface area contributed by atoms with E-state index in [1.54, 1.807) is 12.4 Å². The molecular formula is C23H29N11O. The SMILES string of the molecule is CN1CCN(c2cc(NC3=CC(C4CC4)NN3)nc(NCc3cc(-c4cncnc4)no3)n2)CC1. The van der Waals surface area contributed by atoms with Gasteiger partial charge in [-0.25, -0.2) is 15.4 Å². The van der Waals surface area contributed by atoms with Gasteiger partial charge in [-0.1, -0.05) is 5.16 Å². The summed E-state index contributed by atoms with van der Waals surface area (Å²) in [5, 5.41) is 10.8. The average molecular weight is 476 g/mol. The molecule has 1 saturated heterocycles. The molecule has 12 heteroatoms. The molecule has 3 aliphatic rings. The molecule has 0 bridgehead atoms. The smallest absolute Gasteiger partial charge is 0.227 e. The minimum atomic E-state index is 0.365. The normalized spacial score (nSPS) is 20.4. The Morgan fingerprint density at radius 3 is 2.71 bits per heavy atom. The Kier molecular flexibility index (Phi) is 5.88. The third-order valence-corrected chi connectivity index (χ3v) is 6.49. The second-order valence-electron chi connectivity index (χ2n) is 9.22. The van der Waals surface area contributed by atoms with Gasteiger partial charge in [0.15, 0.2) is 5.76 Å². The highest BCUT2D eigenvalue weighted by atomic mass is 16.5. The van der Waals surface area contributed by atoms with Crippen molar-refractivity contribution in [1.29, 1.82) is 0 Å². The molecule has 6 rings (SSSR count). The Labute approximate surface area is 203 Å². The lowest BCUT2D eigenvalue weighted by molar-refractivity contribution is 0.312. The van der Waals surface area contributed by atoms with Crippen molar-refractivity contribution in [3.63, 3.8) is 0 Å². The molecule has 2 fully saturated rings. The molecule has 0 aromatic carbocycles. The van der Waals surface area contributed by atoms with Crippen molar-refractivity contribution in [1.82, 2.24) is 40.8 Å². The molecule has 3 aromatic rings. The molecule has 0 radical (unpaired) electrons. The Bertz CT molecular complexity index is 1190. The fourth-order valence-electron chi connectivity index (χ4n) is 4.25. The number of piperazine rings is 1. The molecule has 4 N–H and O–H groups in total. The summed E-state index contributed by atoms with van der Waals surface area (Å²) >= 11 is 0. The van der Waals surface area contributed by atoms with Crippen LogP contribution < -0.4 is 26.4 Å². The minimum Gasteiger partial charge on any atom is -0.359 e. The number of hydrogen-bond acceptors (Lipinski definition) is 12. The lowest BCUT2D eigenvalue weighted by Gasteiger charge is -2.33. The van der Waals surface area contributed by atoms with E-state index in [1.165, 1.54) is 19.2 Å². The molecule has 35 heavy (non-hydrogen) atoms. The van der Waals surface area contributed by atoms with E-state index in [1.807, 2.05) is 12.1 Å². The summed E-state index contributed by atoms with van der Waals surface area (Å²) in [5.41, 5.74) is 8.08. The zero-order valence-electron chi connectivity index (χ0n) is 19.6. The predicted octanol–water partition coefficient (Wildman–Crippen LogP) is 1.43. The van der Waals surface area contributed by atoms with E-state index in [0.29, 0.717) is 30.0 Å². The molecule has 1 saturated carbocycles. The maximum absolute atomic E-state index is 5.49. The van der Waals surface area contributed by atoms with Crippen LogP contribution in [0.15, 0.2) is 47.3 Å². The van der Waals surface area contributed by atoms with Crippen molar-refractivity contribution in [2.45, 2.75) is 25.4 Å². The van der Waals surface area contributed by atoms with Crippen LogP contribution in [0.4, 0.5) is 17.6 Å². The van der Waals surface area contributed by atoms with Crippen LogP contribution in [-0.4, -0.2) is 69.3 Å². The van der Waals surface area contributed by atoms with Gasteiger partial charge in [-0.2, -0.15) is 9.97 Å². The van der Waals surface area contributed by atoms with E-state index in [4.69, 9.17) is 14.5 Å². The van der Waals surface area contributed by atoms with Crippen LogP contribution in [0.2, 0.25) is 0 Å². The molecule has 182 valence electrons. The lowest BCUT2D eigenvalue weighted by Crippen LogP contribution is -2.44. The van der Waals surface area contributed by atoms with E-state index in [-0.39, 0.29) is 0 Å². The molecule has 1 atom stereocenters. The van der Waals surface area contributed by atoms with Gasteiger partial charge in [-0.05, 0) is 31.9 Å². The molecule has 0 spiro atoms. The highest BCUT2D eigenvalue weighted by Gasteiger charge is 2.32. The van der Waals surface area contributed by atoms with Gasteiger partial charge in [0.2, 0.25) is 5.95 Å². The number of hydrogen-bond donors (Lipinski definition) is 4. The first-order valence-corrected chi connectivity index (χ1v) is 12.0. The number of nitrogens with zero attached hydrogens (tertiary/aromatic N) is 7. The first-order chi connectivity index (χ1) is 17.2. The standard InChI is InChI=1S/C23H29N11O/c1-33-4-6-34(7-5-33)22-10-20(27-21-9-18(30-31-21)15-2-3-15)28-23(29-22)26-13-17-8-19(32-35-17)16-11-24-14-25-12-16/h8-12,14-15,18,30-31H,2-7,13H2,1H3,(H2,26,27,28,29).